The van der Waals surface area contributed by atoms with Crippen molar-refractivity contribution in [1.82, 2.24) is 0 Å². The number of aliphatic hydroxyl groups is 1. The van der Waals surface area contributed by atoms with Crippen molar-refractivity contribution in [1.29, 1.82) is 0 Å². The molecule has 0 aliphatic heterocycles. The van der Waals surface area contributed by atoms with E-state index >= 15 is 0 Å². The number of aliphatic hydroxyl groups excluding tert-OH is 1. The third kappa shape index (κ3) is 2.99. The Hall–Kier alpha value is -1.61. The van der Waals surface area contributed by atoms with Crippen LogP contribution in [0.3, 0.4) is 0 Å². The number of carbonyl (C=O) groups is 1. The minimum atomic E-state index is -0.566. The molecule has 0 radical (unpaired) electrons. The number of carbonyl (C=O) groups excluding carboxylic acids is 1. The molecule has 2 atom stereocenters. The number of ether oxygens (including phenoxy) is 1. The fourth-order valence-electron chi connectivity index (χ4n) is 2.31. The Kier molecular flexibility index (Phi) is 4.15. The second-order valence-corrected chi connectivity index (χ2v) is 4.51. The molecule has 0 saturated heterocycles. The molecule has 1 aliphatic rings. The summed E-state index contributed by atoms with van der Waals surface area (Å²) < 4.78 is 5.04. The van der Waals surface area contributed by atoms with E-state index < -0.39 is 6.10 Å². The van der Waals surface area contributed by atoms with Gasteiger partial charge in [-0.2, -0.15) is 0 Å². The highest BCUT2D eigenvalue weighted by molar-refractivity contribution is 5.78. The van der Waals surface area contributed by atoms with Crippen molar-refractivity contribution >= 4 is 11.5 Å². The average Bonchev–Trinajstić information content (AvgIpc) is 2.39. The molecule has 0 spiro atoms. The Morgan fingerprint density at radius 1 is 1.39 bits per heavy atom. The van der Waals surface area contributed by atoms with E-state index in [0.29, 0.717) is 19.4 Å². The average molecular weight is 246 g/mol. The topological polar surface area (TPSA) is 46.5 Å². The maximum absolute atomic E-state index is 11.8. The highest BCUT2D eigenvalue weighted by atomic mass is 16.5. The zero-order valence-corrected chi connectivity index (χ0v) is 10.5. The van der Waals surface area contributed by atoms with Gasteiger partial charge in [0, 0.05) is 0 Å². The monoisotopic (exact) mass is 246 g/mol. The summed E-state index contributed by atoms with van der Waals surface area (Å²) in [6.07, 6.45) is 2.36. The van der Waals surface area contributed by atoms with Gasteiger partial charge in [-0.15, -0.1) is 0 Å². The Labute approximate surface area is 107 Å². The number of hydrogen-bond donors (Lipinski definition) is 1. The number of allylic oxidation sites excluding steroid dienone is 1. The van der Waals surface area contributed by atoms with E-state index in [1.807, 2.05) is 36.4 Å². The predicted molar refractivity (Wildman–Crippen MR) is 69.8 cm³/mol. The maximum atomic E-state index is 11.8. The minimum absolute atomic E-state index is 0.210. The lowest BCUT2D eigenvalue weighted by Gasteiger charge is -2.24. The minimum Gasteiger partial charge on any atom is -0.466 e. The van der Waals surface area contributed by atoms with Crippen LogP contribution in [0.1, 0.15) is 25.3 Å². The summed E-state index contributed by atoms with van der Waals surface area (Å²) >= 11 is 0. The molecular formula is C15H18O3. The van der Waals surface area contributed by atoms with Gasteiger partial charge in [0.25, 0.3) is 0 Å². The number of hydrogen-bond acceptors (Lipinski definition) is 3. The second-order valence-electron chi connectivity index (χ2n) is 4.51. The Morgan fingerprint density at radius 2 is 2.11 bits per heavy atom. The van der Waals surface area contributed by atoms with Gasteiger partial charge in [0.2, 0.25) is 0 Å². The molecule has 0 amide bonds. The zero-order chi connectivity index (χ0) is 13.0. The van der Waals surface area contributed by atoms with Crippen LogP contribution in [0.25, 0.3) is 5.57 Å². The molecule has 1 N–H and O–H groups in total. The van der Waals surface area contributed by atoms with Crippen molar-refractivity contribution in [2.75, 3.05) is 6.61 Å². The van der Waals surface area contributed by atoms with Crippen molar-refractivity contribution in [3.05, 3.63) is 42.0 Å². The largest absolute Gasteiger partial charge is 0.466 e. The summed E-state index contributed by atoms with van der Waals surface area (Å²) in [6, 6.07) is 9.84. The van der Waals surface area contributed by atoms with Gasteiger partial charge in [-0.25, -0.2) is 0 Å². The van der Waals surface area contributed by atoms with Gasteiger partial charge in [0.05, 0.1) is 18.6 Å². The molecule has 1 aliphatic carbocycles. The Balaban J connectivity index is 2.15. The van der Waals surface area contributed by atoms with Crippen LogP contribution in [0.5, 0.6) is 0 Å². The van der Waals surface area contributed by atoms with Crippen LogP contribution in [0.2, 0.25) is 0 Å². The lowest BCUT2D eigenvalue weighted by molar-refractivity contribution is -0.148. The first-order chi connectivity index (χ1) is 8.70. The van der Waals surface area contributed by atoms with Crippen LogP contribution < -0.4 is 0 Å². The fourth-order valence-corrected chi connectivity index (χ4v) is 2.31. The molecular weight excluding hydrogens is 228 g/mol. The molecule has 0 bridgehead atoms. The van der Waals surface area contributed by atoms with E-state index in [2.05, 4.69) is 0 Å². The molecule has 2 unspecified atom stereocenters. The van der Waals surface area contributed by atoms with Gasteiger partial charge in [-0.3, -0.25) is 4.79 Å². The quantitative estimate of drug-likeness (QED) is 0.833. The van der Waals surface area contributed by atoms with Crippen molar-refractivity contribution < 1.29 is 14.6 Å². The molecule has 0 fully saturated rings. The third-order valence-corrected chi connectivity index (χ3v) is 3.15. The Bertz CT molecular complexity index is 436. The number of benzene rings is 1. The van der Waals surface area contributed by atoms with Gasteiger partial charge in [0.1, 0.15) is 0 Å². The SMILES string of the molecule is CCOC(=O)C1CC(c2ccccc2)=CC(O)C1. The third-order valence-electron chi connectivity index (χ3n) is 3.15. The molecule has 2 rings (SSSR count). The van der Waals surface area contributed by atoms with E-state index in [1.165, 1.54) is 0 Å². The lowest BCUT2D eigenvalue weighted by Crippen LogP contribution is -2.26. The number of rotatable bonds is 3. The highest BCUT2D eigenvalue weighted by Gasteiger charge is 2.28. The Morgan fingerprint density at radius 3 is 2.78 bits per heavy atom. The first-order valence-corrected chi connectivity index (χ1v) is 6.31. The van der Waals surface area contributed by atoms with Crippen LogP contribution in [0, 0.1) is 5.92 Å². The molecule has 3 nitrogen and oxygen atoms in total. The van der Waals surface area contributed by atoms with Crippen molar-refractivity contribution in [2.24, 2.45) is 5.92 Å². The zero-order valence-electron chi connectivity index (χ0n) is 10.5. The predicted octanol–water partition coefficient (Wildman–Crippen LogP) is 2.40. The highest BCUT2D eigenvalue weighted by Crippen LogP contribution is 2.31. The maximum Gasteiger partial charge on any atom is 0.309 e. The molecule has 18 heavy (non-hydrogen) atoms. The van der Waals surface area contributed by atoms with Crippen LogP contribution in [-0.4, -0.2) is 23.8 Å². The van der Waals surface area contributed by atoms with Crippen LogP contribution in [0.15, 0.2) is 36.4 Å². The van der Waals surface area contributed by atoms with Crippen LogP contribution in [0.4, 0.5) is 0 Å². The van der Waals surface area contributed by atoms with Gasteiger partial charge in [-0.05, 0) is 30.9 Å². The normalized spacial score (nSPS) is 23.3. The van der Waals surface area contributed by atoms with Crippen molar-refractivity contribution in [3.63, 3.8) is 0 Å². The second kappa shape index (κ2) is 5.83. The summed E-state index contributed by atoms with van der Waals surface area (Å²) in [5.41, 5.74) is 2.08. The van der Waals surface area contributed by atoms with E-state index in [9.17, 15) is 9.90 Å². The van der Waals surface area contributed by atoms with Crippen LogP contribution in [-0.2, 0) is 9.53 Å². The molecule has 96 valence electrons. The molecule has 1 aromatic carbocycles. The smallest absolute Gasteiger partial charge is 0.309 e. The van der Waals surface area contributed by atoms with E-state index in [0.717, 1.165) is 11.1 Å². The van der Waals surface area contributed by atoms with Gasteiger partial charge in [0.15, 0.2) is 0 Å². The van der Waals surface area contributed by atoms with E-state index in [-0.39, 0.29) is 11.9 Å². The molecule has 0 saturated carbocycles. The van der Waals surface area contributed by atoms with E-state index in [1.54, 1.807) is 6.92 Å². The summed E-state index contributed by atoms with van der Waals surface area (Å²) in [5, 5.41) is 9.84. The first kappa shape index (κ1) is 12.8. The number of esters is 1. The van der Waals surface area contributed by atoms with Crippen molar-refractivity contribution in [2.45, 2.75) is 25.9 Å². The molecule has 0 aromatic heterocycles. The summed E-state index contributed by atoms with van der Waals surface area (Å²) in [5.74, 6) is -0.446. The first-order valence-electron chi connectivity index (χ1n) is 6.31. The fraction of sp³-hybridized carbons (Fsp3) is 0.400. The van der Waals surface area contributed by atoms with Gasteiger partial charge >= 0.3 is 5.97 Å². The van der Waals surface area contributed by atoms with E-state index in [4.69, 9.17) is 4.74 Å². The molecule has 1 aromatic rings. The van der Waals surface area contributed by atoms with Crippen molar-refractivity contribution in [3.8, 4) is 0 Å². The molecule has 3 heteroatoms. The lowest BCUT2D eigenvalue weighted by atomic mass is 9.84. The van der Waals surface area contributed by atoms with Crippen LogP contribution >= 0.6 is 0 Å². The summed E-state index contributed by atoms with van der Waals surface area (Å²) in [7, 11) is 0. The summed E-state index contributed by atoms with van der Waals surface area (Å²) in [4.78, 5) is 11.8. The summed E-state index contributed by atoms with van der Waals surface area (Å²) in [6.45, 7) is 2.18. The van der Waals surface area contributed by atoms with Gasteiger partial charge in [-0.1, -0.05) is 36.4 Å². The standard InChI is InChI=1S/C15H18O3/c1-2-18-15(17)13-8-12(9-14(16)10-13)11-6-4-3-5-7-11/h3-7,9,13-14,16H,2,8,10H2,1H3. The molecule has 0 heterocycles. The van der Waals surface area contributed by atoms with Gasteiger partial charge < -0.3 is 9.84 Å².